The minimum Gasteiger partial charge on any atom is -0.315 e. The van der Waals surface area contributed by atoms with Crippen LogP contribution in [-0.4, -0.2) is 27.5 Å². The lowest BCUT2D eigenvalue weighted by molar-refractivity contribution is 0.327. The van der Waals surface area contributed by atoms with Crippen molar-refractivity contribution in [1.82, 2.24) is 10.0 Å². The van der Waals surface area contributed by atoms with Crippen LogP contribution in [0.4, 0.5) is 8.78 Å². The van der Waals surface area contributed by atoms with Crippen LogP contribution in [-0.2, 0) is 10.0 Å². The van der Waals surface area contributed by atoms with Gasteiger partial charge < -0.3 is 5.32 Å². The van der Waals surface area contributed by atoms with Gasteiger partial charge in [0.1, 0.15) is 0 Å². The number of hydrogen-bond donors (Lipinski definition) is 2. The van der Waals surface area contributed by atoms with Crippen molar-refractivity contribution in [2.24, 2.45) is 5.92 Å². The Labute approximate surface area is 123 Å². The lowest BCUT2D eigenvalue weighted by Gasteiger charge is -2.29. The van der Waals surface area contributed by atoms with E-state index in [-0.39, 0.29) is 29.3 Å². The zero-order chi connectivity index (χ0) is 14.0. The lowest BCUT2D eigenvalue weighted by Crippen LogP contribution is -2.50. The molecule has 0 bridgehead atoms. The van der Waals surface area contributed by atoms with Gasteiger partial charge in [-0.25, -0.2) is 21.9 Å². The van der Waals surface area contributed by atoms with Crippen molar-refractivity contribution in [2.75, 3.05) is 13.1 Å². The van der Waals surface area contributed by atoms with E-state index in [4.69, 9.17) is 0 Å². The number of hydrogen-bond acceptors (Lipinski definition) is 3. The van der Waals surface area contributed by atoms with E-state index in [1.807, 2.05) is 6.92 Å². The van der Waals surface area contributed by atoms with Gasteiger partial charge in [-0.2, -0.15) is 0 Å². The van der Waals surface area contributed by atoms with Crippen LogP contribution in [0.5, 0.6) is 0 Å². The number of benzene rings is 1. The van der Waals surface area contributed by atoms with Crippen LogP contribution in [0, 0.1) is 17.6 Å². The molecule has 0 aromatic heterocycles. The molecular formula is C12H17ClF2N2O2S. The third-order valence-corrected chi connectivity index (χ3v) is 4.82. The molecule has 1 aromatic rings. The van der Waals surface area contributed by atoms with Crippen molar-refractivity contribution in [3.63, 3.8) is 0 Å². The predicted octanol–water partition coefficient (Wildman–Crippen LogP) is 1.66. The Hall–Kier alpha value is -0.760. The summed E-state index contributed by atoms with van der Waals surface area (Å²) in [6.07, 6.45) is 0.866. The van der Waals surface area contributed by atoms with Gasteiger partial charge in [0.25, 0.3) is 0 Å². The second-order valence-corrected chi connectivity index (χ2v) is 6.49. The maximum atomic E-state index is 13.1. The molecular weight excluding hydrogens is 310 g/mol. The van der Waals surface area contributed by atoms with Crippen LogP contribution >= 0.6 is 12.4 Å². The molecule has 2 N–H and O–H groups in total. The summed E-state index contributed by atoms with van der Waals surface area (Å²) in [5.74, 6) is -2.04. The molecule has 114 valence electrons. The first-order chi connectivity index (χ1) is 8.90. The van der Waals surface area contributed by atoms with Gasteiger partial charge in [0, 0.05) is 12.6 Å². The summed E-state index contributed by atoms with van der Waals surface area (Å²) in [6, 6.07) is 2.32. The van der Waals surface area contributed by atoms with E-state index < -0.39 is 21.7 Å². The summed E-state index contributed by atoms with van der Waals surface area (Å²) < 4.78 is 52.6. The van der Waals surface area contributed by atoms with Crippen LogP contribution in [0.1, 0.15) is 13.3 Å². The van der Waals surface area contributed by atoms with Crippen molar-refractivity contribution in [1.29, 1.82) is 0 Å². The van der Waals surface area contributed by atoms with E-state index in [9.17, 15) is 17.2 Å². The first-order valence-corrected chi connectivity index (χ1v) is 7.56. The van der Waals surface area contributed by atoms with Crippen LogP contribution in [0.3, 0.4) is 0 Å². The van der Waals surface area contributed by atoms with E-state index in [0.29, 0.717) is 12.6 Å². The molecule has 1 aliphatic heterocycles. The fourth-order valence-corrected chi connectivity index (χ4v) is 3.41. The van der Waals surface area contributed by atoms with Crippen molar-refractivity contribution >= 4 is 22.4 Å². The maximum Gasteiger partial charge on any atom is 0.240 e. The standard InChI is InChI=1S/C12H16F2N2O2S.ClH/c1-8-4-5-15-7-12(8)16-19(17,18)9-2-3-10(13)11(14)6-9;/h2-3,6,8,12,15-16H,4-5,7H2,1H3;1H. The van der Waals surface area contributed by atoms with Gasteiger partial charge in [-0.1, -0.05) is 6.92 Å². The quantitative estimate of drug-likeness (QED) is 0.888. The van der Waals surface area contributed by atoms with Crippen molar-refractivity contribution in [3.8, 4) is 0 Å². The van der Waals surface area contributed by atoms with Gasteiger partial charge >= 0.3 is 0 Å². The highest BCUT2D eigenvalue weighted by Crippen LogP contribution is 2.17. The molecule has 1 fully saturated rings. The van der Waals surface area contributed by atoms with Crippen molar-refractivity contribution in [2.45, 2.75) is 24.3 Å². The summed E-state index contributed by atoms with van der Waals surface area (Å²) in [4.78, 5) is -0.260. The third kappa shape index (κ3) is 3.88. The summed E-state index contributed by atoms with van der Waals surface area (Å²) in [6.45, 7) is 3.34. The van der Waals surface area contributed by atoms with Gasteiger partial charge in [0.15, 0.2) is 11.6 Å². The number of halogens is 3. The summed E-state index contributed by atoms with van der Waals surface area (Å²) in [7, 11) is -3.83. The van der Waals surface area contributed by atoms with E-state index in [1.54, 1.807) is 0 Å². The van der Waals surface area contributed by atoms with Crippen molar-refractivity contribution < 1.29 is 17.2 Å². The molecule has 1 aliphatic rings. The normalized spacial score (nSPS) is 23.1. The second-order valence-electron chi connectivity index (χ2n) is 4.77. The van der Waals surface area contributed by atoms with Gasteiger partial charge in [-0.05, 0) is 37.1 Å². The average Bonchev–Trinajstić information content (AvgIpc) is 2.35. The van der Waals surface area contributed by atoms with Crippen LogP contribution < -0.4 is 10.0 Å². The Morgan fingerprint density at radius 3 is 2.60 bits per heavy atom. The molecule has 2 atom stereocenters. The number of nitrogens with one attached hydrogen (secondary N) is 2. The fraction of sp³-hybridized carbons (Fsp3) is 0.500. The average molecular weight is 327 g/mol. The minimum absolute atomic E-state index is 0. The first kappa shape index (κ1) is 17.3. The SMILES string of the molecule is CC1CCNCC1NS(=O)(=O)c1ccc(F)c(F)c1.Cl. The van der Waals surface area contributed by atoms with E-state index in [1.165, 1.54) is 0 Å². The Morgan fingerprint density at radius 1 is 1.30 bits per heavy atom. The third-order valence-electron chi connectivity index (χ3n) is 3.34. The molecule has 4 nitrogen and oxygen atoms in total. The minimum atomic E-state index is -3.83. The largest absolute Gasteiger partial charge is 0.315 e. The molecule has 8 heteroatoms. The number of sulfonamides is 1. The Bertz CT molecular complexity index is 569. The Morgan fingerprint density at radius 2 is 2.00 bits per heavy atom. The van der Waals surface area contributed by atoms with Gasteiger partial charge in [0.05, 0.1) is 4.90 Å². The summed E-state index contributed by atoms with van der Waals surface area (Å²) in [5, 5.41) is 3.10. The molecule has 0 radical (unpaired) electrons. The zero-order valence-corrected chi connectivity index (χ0v) is 12.5. The molecule has 0 aliphatic carbocycles. The summed E-state index contributed by atoms with van der Waals surface area (Å²) in [5.41, 5.74) is 0. The molecule has 1 aromatic carbocycles. The van der Waals surface area contributed by atoms with Gasteiger partial charge in [-0.15, -0.1) is 12.4 Å². The molecule has 1 heterocycles. The molecule has 20 heavy (non-hydrogen) atoms. The van der Waals surface area contributed by atoms with Crippen LogP contribution in [0.15, 0.2) is 23.1 Å². The van der Waals surface area contributed by atoms with Crippen LogP contribution in [0.25, 0.3) is 0 Å². The molecule has 0 amide bonds. The van der Waals surface area contributed by atoms with E-state index in [2.05, 4.69) is 10.0 Å². The van der Waals surface area contributed by atoms with Crippen molar-refractivity contribution in [3.05, 3.63) is 29.8 Å². The highest BCUT2D eigenvalue weighted by molar-refractivity contribution is 7.89. The van der Waals surface area contributed by atoms with Crippen LogP contribution in [0.2, 0.25) is 0 Å². The Kier molecular flexibility index (Phi) is 5.88. The molecule has 2 unspecified atom stereocenters. The number of piperidine rings is 1. The highest BCUT2D eigenvalue weighted by atomic mass is 35.5. The van der Waals surface area contributed by atoms with E-state index in [0.717, 1.165) is 25.1 Å². The summed E-state index contributed by atoms with van der Waals surface area (Å²) >= 11 is 0. The number of rotatable bonds is 3. The van der Waals surface area contributed by atoms with E-state index >= 15 is 0 Å². The lowest BCUT2D eigenvalue weighted by atomic mass is 9.96. The first-order valence-electron chi connectivity index (χ1n) is 6.08. The molecule has 0 spiro atoms. The Balaban J connectivity index is 0.00000200. The monoisotopic (exact) mass is 326 g/mol. The maximum absolute atomic E-state index is 13.1. The topological polar surface area (TPSA) is 58.2 Å². The smallest absolute Gasteiger partial charge is 0.240 e. The van der Waals surface area contributed by atoms with Gasteiger partial charge in [-0.3, -0.25) is 0 Å². The highest BCUT2D eigenvalue weighted by Gasteiger charge is 2.27. The zero-order valence-electron chi connectivity index (χ0n) is 10.9. The molecule has 1 saturated heterocycles. The molecule has 0 saturated carbocycles. The predicted molar refractivity (Wildman–Crippen MR) is 74.4 cm³/mol. The fourth-order valence-electron chi connectivity index (χ4n) is 2.06. The molecule has 2 rings (SSSR count). The van der Waals surface area contributed by atoms with Gasteiger partial charge in [0.2, 0.25) is 10.0 Å². The second kappa shape index (κ2) is 6.80.